The molecule has 1 fully saturated rings. The third-order valence-electron chi connectivity index (χ3n) is 7.73. The molecule has 2 aromatic carbocycles. The summed E-state index contributed by atoms with van der Waals surface area (Å²) in [7, 11) is 0. The largest absolute Gasteiger partial charge is 0.480 e. The van der Waals surface area contributed by atoms with Gasteiger partial charge in [-0.25, -0.2) is 4.79 Å². The lowest BCUT2D eigenvalue weighted by atomic mass is 9.83. The highest BCUT2D eigenvalue weighted by atomic mass is 16.4. The van der Waals surface area contributed by atoms with Gasteiger partial charge in [0.15, 0.2) is 0 Å². The molecule has 2 aliphatic heterocycles. The van der Waals surface area contributed by atoms with Crippen LogP contribution in [0.1, 0.15) is 60.0 Å². The summed E-state index contributed by atoms with van der Waals surface area (Å²) in [6, 6.07) is 11.8. The quantitative estimate of drug-likeness (QED) is 0.577. The van der Waals surface area contributed by atoms with Crippen LogP contribution in [0.4, 0.5) is 5.69 Å². The lowest BCUT2D eigenvalue weighted by Gasteiger charge is -2.32. The SMILES string of the molecule is O=C(N[C@H](C(=O)N[C@H]1CCc2cccc3c2N(C1=O)[C@H](C(=O)O)C3)C1CCCCC1)c1ccccc1. The van der Waals surface area contributed by atoms with Gasteiger partial charge in [0.2, 0.25) is 11.8 Å². The Labute approximate surface area is 210 Å². The highest BCUT2D eigenvalue weighted by Gasteiger charge is 2.44. The van der Waals surface area contributed by atoms with Crippen molar-refractivity contribution in [2.45, 2.75) is 69.5 Å². The average Bonchev–Trinajstić information content (AvgIpc) is 3.24. The van der Waals surface area contributed by atoms with Crippen molar-refractivity contribution in [1.29, 1.82) is 0 Å². The summed E-state index contributed by atoms with van der Waals surface area (Å²) in [4.78, 5) is 53.6. The Bertz CT molecular complexity index is 1170. The Morgan fingerprint density at radius 3 is 2.36 bits per heavy atom. The van der Waals surface area contributed by atoms with Crippen molar-refractivity contribution in [3.05, 3.63) is 65.2 Å². The summed E-state index contributed by atoms with van der Waals surface area (Å²) in [5.41, 5.74) is 2.91. The molecule has 36 heavy (non-hydrogen) atoms. The van der Waals surface area contributed by atoms with Gasteiger partial charge in [0.05, 0.1) is 5.69 Å². The number of aryl methyl sites for hydroxylation is 1. The van der Waals surface area contributed by atoms with Gasteiger partial charge in [-0.15, -0.1) is 0 Å². The number of nitrogens with one attached hydrogen (secondary N) is 2. The van der Waals surface area contributed by atoms with Gasteiger partial charge >= 0.3 is 5.97 Å². The van der Waals surface area contributed by atoms with Crippen molar-refractivity contribution < 1.29 is 24.3 Å². The second-order valence-corrected chi connectivity index (χ2v) is 10.0. The fraction of sp³-hybridized carbons (Fsp3) is 0.429. The zero-order valence-corrected chi connectivity index (χ0v) is 20.1. The van der Waals surface area contributed by atoms with E-state index >= 15 is 0 Å². The lowest BCUT2D eigenvalue weighted by molar-refractivity contribution is -0.140. The number of rotatable bonds is 6. The average molecular weight is 490 g/mol. The fourth-order valence-corrected chi connectivity index (χ4v) is 5.90. The Morgan fingerprint density at radius 1 is 0.917 bits per heavy atom. The standard InChI is InChI=1S/C28H31N3O5/c32-25(19-10-5-2-6-11-19)30-23(17-8-3-1-4-9-17)26(33)29-21-15-14-18-12-7-13-20-16-22(28(35)36)31(24(18)20)27(21)34/h2,5-7,10-13,17,21-23H,1,3-4,8-9,14-16H2,(H,29,33)(H,30,32)(H,35,36)/t21-,22-,23-/m0/s1. The normalized spacial score (nSPS) is 22.3. The highest BCUT2D eigenvalue weighted by molar-refractivity contribution is 6.07. The van der Waals surface area contributed by atoms with Crippen molar-refractivity contribution in [2.75, 3.05) is 4.90 Å². The second kappa shape index (κ2) is 10.1. The fourth-order valence-electron chi connectivity index (χ4n) is 5.90. The molecule has 3 amide bonds. The summed E-state index contributed by atoms with van der Waals surface area (Å²) in [6.45, 7) is 0. The van der Waals surface area contributed by atoms with Crippen LogP contribution in [0, 0.1) is 5.92 Å². The van der Waals surface area contributed by atoms with E-state index in [9.17, 15) is 24.3 Å². The molecule has 3 N–H and O–H groups in total. The molecule has 8 heteroatoms. The molecule has 1 aliphatic carbocycles. The molecule has 0 unspecified atom stereocenters. The van der Waals surface area contributed by atoms with Crippen LogP contribution in [0.25, 0.3) is 0 Å². The number of para-hydroxylation sites is 1. The number of hydrogen-bond donors (Lipinski definition) is 3. The summed E-state index contributed by atoms with van der Waals surface area (Å²) in [5, 5.41) is 15.7. The third-order valence-corrected chi connectivity index (χ3v) is 7.73. The molecule has 2 aromatic rings. The molecule has 0 radical (unpaired) electrons. The van der Waals surface area contributed by atoms with Gasteiger partial charge in [-0.1, -0.05) is 55.7 Å². The molecule has 0 spiro atoms. The molecule has 3 atom stereocenters. The summed E-state index contributed by atoms with van der Waals surface area (Å²) in [6.07, 6.45) is 5.91. The van der Waals surface area contributed by atoms with Crippen LogP contribution in [-0.4, -0.2) is 46.9 Å². The van der Waals surface area contributed by atoms with Crippen LogP contribution in [0.3, 0.4) is 0 Å². The highest BCUT2D eigenvalue weighted by Crippen LogP contribution is 2.39. The van der Waals surface area contributed by atoms with Gasteiger partial charge in [-0.05, 0) is 54.9 Å². The maximum absolute atomic E-state index is 13.6. The van der Waals surface area contributed by atoms with Crippen molar-refractivity contribution in [1.82, 2.24) is 10.6 Å². The molecular weight excluding hydrogens is 458 g/mol. The first kappa shape index (κ1) is 24.0. The lowest BCUT2D eigenvalue weighted by Crippen LogP contribution is -2.57. The summed E-state index contributed by atoms with van der Waals surface area (Å²) < 4.78 is 0. The molecule has 0 bridgehead atoms. The number of carboxylic acid groups (broad SMARTS) is 1. The van der Waals surface area contributed by atoms with E-state index in [2.05, 4.69) is 10.6 Å². The summed E-state index contributed by atoms with van der Waals surface area (Å²) in [5.74, 6) is -2.20. The van der Waals surface area contributed by atoms with Crippen LogP contribution in [0.15, 0.2) is 48.5 Å². The number of nitrogens with zero attached hydrogens (tertiary/aromatic N) is 1. The third kappa shape index (κ3) is 4.59. The molecule has 5 rings (SSSR count). The van der Waals surface area contributed by atoms with Crippen molar-refractivity contribution in [2.24, 2.45) is 5.92 Å². The van der Waals surface area contributed by atoms with Crippen LogP contribution in [0.5, 0.6) is 0 Å². The van der Waals surface area contributed by atoms with Crippen molar-refractivity contribution >= 4 is 29.4 Å². The molecule has 3 aliphatic rings. The van der Waals surface area contributed by atoms with Crippen molar-refractivity contribution in [3.8, 4) is 0 Å². The molecule has 0 aromatic heterocycles. The van der Waals surface area contributed by atoms with Crippen molar-refractivity contribution in [3.63, 3.8) is 0 Å². The number of carbonyl (C=O) groups is 4. The number of aliphatic carboxylic acids is 1. The Morgan fingerprint density at radius 2 is 1.64 bits per heavy atom. The second-order valence-electron chi connectivity index (χ2n) is 10.0. The molecule has 8 nitrogen and oxygen atoms in total. The first-order chi connectivity index (χ1) is 17.4. The minimum atomic E-state index is -1.06. The van der Waals surface area contributed by atoms with Gasteiger partial charge in [0, 0.05) is 12.0 Å². The molecule has 0 saturated heterocycles. The van der Waals surface area contributed by atoms with Crippen LogP contribution in [-0.2, 0) is 27.2 Å². The zero-order valence-electron chi connectivity index (χ0n) is 20.1. The molecule has 188 valence electrons. The predicted molar refractivity (Wildman–Crippen MR) is 134 cm³/mol. The van der Waals surface area contributed by atoms with Crippen LogP contribution < -0.4 is 15.5 Å². The predicted octanol–water partition coefficient (Wildman–Crippen LogP) is 2.84. The number of carbonyl (C=O) groups excluding carboxylic acids is 3. The smallest absolute Gasteiger partial charge is 0.327 e. The Balaban J connectivity index is 1.38. The van der Waals surface area contributed by atoms with Gasteiger partial charge in [0.25, 0.3) is 5.91 Å². The number of amides is 3. The first-order valence-corrected chi connectivity index (χ1v) is 12.8. The minimum Gasteiger partial charge on any atom is -0.480 e. The number of hydrogen-bond acceptors (Lipinski definition) is 4. The van der Waals surface area contributed by atoms with Crippen LogP contribution in [0.2, 0.25) is 0 Å². The number of anilines is 1. The maximum Gasteiger partial charge on any atom is 0.327 e. The monoisotopic (exact) mass is 489 g/mol. The van der Waals surface area contributed by atoms with E-state index in [1.165, 1.54) is 4.90 Å². The van der Waals surface area contributed by atoms with Gasteiger partial charge in [0.1, 0.15) is 18.1 Å². The van der Waals surface area contributed by atoms with Gasteiger partial charge in [-0.3, -0.25) is 19.3 Å². The number of benzene rings is 2. The van der Waals surface area contributed by atoms with Gasteiger partial charge in [-0.2, -0.15) is 0 Å². The van der Waals surface area contributed by atoms with E-state index in [4.69, 9.17) is 0 Å². The van der Waals surface area contributed by atoms with E-state index in [0.717, 1.165) is 43.2 Å². The van der Waals surface area contributed by atoms with E-state index in [-0.39, 0.29) is 24.2 Å². The maximum atomic E-state index is 13.6. The Kier molecular flexibility index (Phi) is 6.76. The summed E-state index contributed by atoms with van der Waals surface area (Å²) >= 11 is 0. The van der Waals surface area contributed by atoms with E-state index in [1.807, 2.05) is 24.3 Å². The van der Waals surface area contributed by atoms with Crippen LogP contribution >= 0.6 is 0 Å². The first-order valence-electron chi connectivity index (χ1n) is 12.8. The number of carboxylic acids is 1. The Hall–Kier alpha value is -3.68. The molecular formula is C28H31N3O5. The van der Waals surface area contributed by atoms with E-state index in [1.54, 1.807) is 24.3 Å². The van der Waals surface area contributed by atoms with E-state index < -0.39 is 30.0 Å². The zero-order chi connectivity index (χ0) is 25.2. The minimum absolute atomic E-state index is 0.0188. The topological polar surface area (TPSA) is 116 Å². The molecule has 2 heterocycles. The van der Waals surface area contributed by atoms with Gasteiger partial charge < -0.3 is 15.7 Å². The molecule has 1 saturated carbocycles. The van der Waals surface area contributed by atoms with E-state index in [0.29, 0.717) is 24.1 Å².